The molecule has 0 spiro atoms. The zero-order valence-electron chi connectivity index (χ0n) is 18.9. The highest BCUT2D eigenvalue weighted by Gasteiger charge is 2.47. The number of hydrogen-bond acceptors (Lipinski definition) is 11. The molecule has 2 aromatic rings. The Labute approximate surface area is 205 Å². The number of thioether (sulfide) groups is 1. The first-order chi connectivity index (χ1) is 16.5. The molecule has 1 aromatic heterocycles. The number of hydrogen-bond donors (Lipinski definition) is 0. The number of benzene rings is 1. The lowest BCUT2D eigenvalue weighted by Crippen LogP contribution is -2.55. The first kappa shape index (κ1) is 26.4. The summed E-state index contributed by atoms with van der Waals surface area (Å²) in [5.74, 6) is -2.42. The smallest absolute Gasteiger partial charge is 0.303 e. The lowest BCUT2D eigenvalue weighted by molar-refractivity contribution is -0.186. The van der Waals surface area contributed by atoms with Gasteiger partial charge in [-0.15, -0.1) is 11.8 Å². The van der Waals surface area contributed by atoms with Gasteiger partial charge >= 0.3 is 17.9 Å². The minimum Gasteiger partial charge on any atom is -0.474 e. The monoisotopic (exact) mass is 527 g/mol. The standard InChI is InChI=1S/C22H22FNO9S2/c1-12(25)30-19-11-34-22(21(32-14(3)27)20(19)31-13(2)26)33-16-8-18(10-24-9-16)35(28,29)17-6-4-15(23)5-7-17/h4-10,19-22H,11H2,1-3H3/t19-,20+,21-,22+/m1/s1. The van der Waals surface area contributed by atoms with Gasteiger partial charge in [-0.1, -0.05) is 0 Å². The number of pyridine rings is 1. The van der Waals surface area contributed by atoms with E-state index < -0.39 is 57.3 Å². The summed E-state index contributed by atoms with van der Waals surface area (Å²) in [6.07, 6.45) is -0.883. The zero-order chi connectivity index (χ0) is 25.8. The third kappa shape index (κ3) is 6.69. The maximum Gasteiger partial charge on any atom is 0.303 e. The van der Waals surface area contributed by atoms with Gasteiger partial charge < -0.3 is 18.9 Å². The molecule has 0 amide bonds. The van der Waals surface area contributed by atoms with E-state index in [0.29, 0.717) is 0 Å². The fraction of sp³-hybridized carbons (Fsp3) is 0.364. The van der Waals surface area contributed by atoms with Gasteiger partial charge in [-0.25, -0.2) is 12.8 Å². The number of aromatic nitrogens is 1. The maximum absolute atomic E-state index is 13.2. The molecule has 2 heterocycles. The molecule has 1 aliphatic heterocycles. The molecule has 0 bridgehead atoms. The molecule has 1 aliphatic rings. The van der Waals surface area contributed by atoms with Crippen molar-refractivity contribution in [1.29, 1.82) is 0 Å². The average Bonchev–Trinajstić information content (AvgIpc) is 2.77. The van der Waals surface area contributed by atoms with Gasteiger partial charge in [0.15, 0.2) is 23.7 Å². The molecule has 0 radical (unpaired) electrons. The van der Waals surface area contributed by atoms with Crippen LogP contribution in [0.3, 0.4) is 0 Å². The minimum atomic E-state index is -4.03. The van der Waals surface area contributed by atoms with Crippen LogP contribution in [0.4, 0.5) is 4.39 Å². The Morgan fingerprint density at radius 2 is 1.51 bits per heavy atom. The van der Waals surface area contributed by atoms with E-state index >= 15 is 0 Å². The Morgan fingerprint density at radius 1 is 0.914 bits per heavy atom. The predicted octanol–water partition coefficient (Wildman–Crippen LogP) is 2.30. The van der Waals surface area contributed by atoms with Crippen LogP contribution in [0.15, 0.2) is 52.5 Å². The van der Waals surface area contributed by atoms with E-state index in [4.69, 9.17) is 18.9 Å². The van der Waals surface area contributed by atoms with Gasteiger partial charge in [-0.3, -0.25) is 19.4 Å². The van der Waals surface area contributed by atoms with Gasteiger partial charge in [0.1, 0.15) is 11.6 Å². The van der Waals surface area contributed by atoms with E-state index in [1.54, 1.807) is 0 Å². The summed E-state index contributed by atoms with van der Waals surface area (Å²) in [5, 5.41) is 0. The fourth-order valence-corrected chi connectivity index (χ4v) is 5.76. The van der Waals surface area contributed by atoms with Crippen LogP contribution in [0.1, 0.15) is 20.8 Å². The molecular weight excluding hydrogens is 505 g/mol. The molecule has 0 aliphatic carbocycles. The number of esters is 3. The first-order valence-corrected chi connectivity index (χ1v) is 12.8. The van der Waals surface area contributed by atoms with Crippen molar-refractivity contribution >= 4 is 39.5 Å². The van der Waals surface area contributed by atoms with Crippen LogP contribution < -0.4 is 4.74 Å². The largest absolute Gasteiger partial charge is 0.474 e. The molecule has 10 nitrogen and oxygen atoms in total. The second kappa shape index (κ2) is 11.0. The van der Waals surface area contributed by atoms with Gasteiger partial charge in [-0.2, -0.15) is 0 Å². The van der Waals surface area contributed by atoms with E-state index in [2.05, 4.69) is 4.98 Å². The first-order valence-electron chi connectivity index (χ1n) is 10.2. The number of halogens is 1. The molecule has 1 fully saturated rings. The molecule has 0 saturated carbocycles. The predicted molar refractivity (Wildman–Crippen MR) is 120 cm³/mol. The van der Waals surface area contributed by atoms with Crippen molar-refractivity contribution in [3.05, 3.63) is 48.5 Å². The highest BCUT2D eigenvalue weighted by molar-refractivity contribution is 7.99. The molecule has 3 rings (SSSR count). The summed E-state index contributed by atoms with van der Waals surface area (Å²) < 4.78 is 60.8. The highest BCUT2D eigenvalue weighted by Crippen LogP contribution is 2.35. The molecular formula is C22H22FNO9S2. The minimum absolute atomic E-state index is 0.0235. The van der Waals surface area contributed by atoms with Crippen LogP contribution >= 0.6 is 11.8 Å². The van der Waals surface area contributed by atoms with E-state index in [9.17, 15) is 27.2 Å². The molecule has 1 saturated heterocycles. The van der Waals surface area contributed by atoms with Crippen molar-refractivity contribution in [2.24, 2.45) is 0 Å². The Bertz CT molecular complexity index is 1200. The number of ether oxygens (including phenoxy) is 4. The number of carbonyl (C=O) groups excluding carboxylic acids is 3. The lowest BCUT2D eigenvalue weighted by atomic mass is 10.1. The van der Waals surface area contributed by atoms with Crippen LogP contribution in [0.5, 0.6) is 5.75 Å². The number of nitrogens with zero attached hydrogens (tertiary/aromatic N) is 1. The van der Waals surface area contributed by atoms with Crippen molar-refractivity contribution in [2.75, 3.05) is 5.75 Å². The maximum atomic E-state index is 13.2. The molecule has 4 atom stereocenters. The summed E-state index contributed by atoms with van der Waals surface area (Å²) in [6, 6.07) is 5.53. The Balaban J connectivity index is 1.90. The van der Waals surface area contributed by atoms with Crippen LogP contribution in [0.2, 0.25) is 0 Å². The van der Waals surface area contributed by atoms with Crippen LogP contribution in [-0.4, -0.2) is 60.8 Å². The number of carbonyl (C=O) groups is 3. The van der Waals surface area contributed by atoms with Crippen molar-refractivity contribution in [2.45, 2.75) is 54.3 Å². The van der Waals surface area contributed by atoms with Crippen molar-refractivity contribution < 1.29 is 46.1 Å². The van der Waals surface area contributed by atoms with Crippen molar-refractivity contribution in [3.8, 4) is 5.75 Å². The average molecular weight is 528 g/mol. The van der Waals surface area contributed by atoms with Crippen LogP contribution in [-0.2, 0) is 38.4 Å². The summed E-state index contributed by atoms with van der Waals surface area (Å²) in [4.78, 5) is 38.6. The van der Waals surface area contributed by atoms with E-state index in [-0.39, 0.29) is 21.3 Å². The van der Waals surface area contributed by atoms with Gasteiger partial charge in [0, 0.05) is 38.8 Å². The molecule has 0 N–H and O–H groups in total. The van der Waals surface area contributed by atoms with Crippen LogP contribution in [0.25, 0.3) is 0 Å². The van der Waals surface area contributed by atoms with Gasteiger partial charge in [0.2, 0.25) is 9.84 Å². The summed E-state index contributed by atoms with van der Waals surface area (Å²) >= 11 is 1.11. The summed E-state index contributed by atoms with van der Waals surface area (Å²) in [6.45, 7) is 3.50. The van der Waals surface area contributed by atoms with Crippen molar-refractivity contribution in [3.63, 3.8) is 0 Å². The summed E-state index contributed by atoms with van der Waals surface area (Å²) in [7, 11) is -4.03. The fourth-order valence-electron chi connectivity index (χ4n) is 3.30. The number of sulfone groups is 1. The molecule has 1 aromatic carbocycles. The van der Waals surface area contributed by atoms with Crippen LogP contribution in [0, 0.1) is 5.82 Å². The quantitative estimate of drug-likeness (QED) is 0.298. The lowest BCUT2D eigenvalue weighted by Gasteiger charge is -2.39. The van der Waals surface area contributed by atoms with Gasteiger partial charge in [-0.05, 0) is 24.3 Å². The second-order valence-electron chi connectivity index (χ2n) is 7.43. The molecule has 188 valence electrons. The molecule has 0 unspecified atom stereocenters. The third-order valence-corrected chi connectivity index (χ3v) is 7.63. The number of rotatable bonds is 7. The normalized spacial score (nSPS) is 22.1. The van der Waals surface area contributed by atoms with Crippen molar-refractivity contribution in [1.82, 2.24) is 4.98 Å². The molecule has 13 heteroatoms. The second-order valence-corrected chi connectivity index (χ2v) is 10.5. The Kier molecular flexibility index (Phi) is 8.33. The SMILES string of the molecule is CC(=O)O[C@@H]1[C@@H](OC(C)=O)[C@@H](Oc2cncc(S(=O)(=O)c3ccc(F)cc3)c2)SC[C@H]1OC(C)=O. The Morgan fingerprint density at radius 3 is 2.11 bits per heavy atom. The summed E-state index contributed by atoms with van der Waals surface area (Å²) in [5.41, 5.74) is -0.958. The van der Waals surface area contributed by atoms with Gasteiger partial charge in [0.25, 0.3) is 0 Å². The third-order valence-electron chi connectivity index (χ3n) is 4.68. The molecule has 35 heavy (non-hydrogen) atoms. The highest BCUT2D eigenvalue weighted by atomic mass is 32.2. The van der Waals surface area contributed by atoms with Gasteiger partial charge in [0.05, 0.1) is 16.0 Å². The Hall–Kier alpha value is -3.19. The van der Waals surface area contributed by atoms with E-state index in [1.165, 1.54) is 19.2 Å². The zero-order valence-corrected chi connectivity index (χ0v) is 20.5. The van der Waals surface area contributed by atoms with E-state index in [0.717, 1.165) is 56.1 Å². The van der Waals surface area contributed by atoms with E-state index in [1.807, 2.05) is 0 Å². The topological polar surface area (TPSA) is 135 Å².